The number of hydrogen-bond donors (Lipinski definition) is 1. The van der Waals surface area contributed by atoms with E-state index >= 15 is 0 Å². The molecule has 0 radical (unpaired) electrons. The zero-order valence-electron chi connectivity index (χ0n) is 10.3. The van der Waals surface area contributed by atoms with Gasteiger partial charge in [-0.15, -0.1) is 0 Å². The molecule has 1 aliphatic carbocycles. The summed E-state index contributed by atoms with van der Waals surface area (Å²) in [6.45, 7) is 0. The van der Waals surface area contributed by atoms with Gasteiger partial charge in [0.15, 0.2) is 0 Å². The molecule has 1 heterocycles. The molecule has 3 rings (SSSR count). The lowest BCUT2D eigenvalue weighted by Crippen LogP contribution is -2.34. The van der Waals surface area contributed by atoms with Gasteiger partial charge >= 0.3 is 5.97 Å². The maximum atomic E-state index is 13.2. The van der Waals surface area contributed by atoms with Gasteiger partial charge in [0.2, 0.25) is 5.90 Å². The van der Waals surface area contributed by atoms with Crippen molar-refractivity contribution in [3.63, 3.8) is 0 Å². The number of aliphatic carboxylic acids is 1. The van der Waals surface area contributed by atoms with E-state index in [0.29, 0.717) is 30.7 Å². The minimum absolute atomic E-state index is 0.00821. The molecule has 19 heavy (non-hydrogen) atoms. The van der Waals surface area contributed by atoms with Crippen molar-refractivity contribution < 1.29 is 19.0 Å². The van der Waals surface area contributed by atoms with Crippen LogP contribution in [0.2, 0.25) is 0 Å². The van der Waals surface area contributed by atoms with Crippen LogP contribution in [0.1, 0.15) is 24.8 Å². The molecule has 1 N–H and O–H groups in total. The third kappa shape index (κ3) is 2.32. The number of ether oxygens (including phenoxy) is 1. The number of rotatable bonds is 2. The summed E-state index contributed by atoms with van der Waals surface area (Å²) in [6.07, 6.45) is 1.62. The second kappa shape index (κ2) is 4.64. The quantitative estimate of drug-likeness (QED) is 0.890. The number of fused-ring (bicyclic) bond motifs is 1. The van der Waals surface area contributed by atoms with E-state index in [1.165, 1.54) is 12.1 Å². The fourth-order valence-electron chi connectivity index (χ4n) is 2.70. The molecule has 0 amide bonds. The van der Waals surface area contributed by atoms with Crippen LogP contribution in [-0.2, 0) is 9.53 Å². The number of halogens is 1. The number of nitrogens with zero attached hydrogens (tertiary/aromatic N) is 1. The minimum atomic E-state index is -0.777. The van der Waals surface area contributed by atoms with Gasteiger partial charge in [-0.05, 0) is 37.5 Å². The Morgan fingerprint density at radius 2 is 2.26 bits per heavy atom. The standard InChI is InChI=1S/C14H14FNO3/c15-10-3-1-2-8(6-10)13-16-11-5-4-9(14(17)18)7-12(11)19-13/h1-3,6,9,11-12H,4-5,7H2,(H,17,18). The van der Waals surface area contributed by atoms with Crippen molar-refractivity contribution in [1.29, 1.82) is 0 Å². The monoisotopic (exact) mass is 263 g/mol. The Bertz CT molecular complexity index is 543. The predicted molar refractivity (Wildman–Crippen MR) is 66.6 cm³/mol. The Hall–Kier alpha value is -1.91. The summed E-state index contributed by atoms with van der Waals surface area (Å²) >= 11 is 0. The third-order valence-electron chi connectivity index (χ3n) is 3.72. The lowest BCUT2D eigenvalue weighted by Gasteiger charge is -2.26. The van der Waals surface area contributed by atoms with Crippen molar-refractivity contribution in [3.05, 3.63) is 35.6 Å². The zero-order chi connectivity index (χ0) is 13.4. The minimum Gasteiger partial charge on any atom is -0.481 e. The summed E-state index contributed by atoms with van der Waals surface area (Å²) in [5.41, 5.74) is 0.612. The van der Waals surface area contributed by atoms with Crippen molar-refractivity contribution >= 4 is 11.9 Å². The highest BCUT2D eigenvalue weighted by molar-refractivity contribution is 5.95. The van der Waals surface area contributed by atoms with Crippen LogP contribution in [0.15, 0.2) is 29.3 Å². The van der Waals surface area contributed by atoms with Crippen molar-refractivity contribution in [3.8, 4) is 0 Å². The summed E-state index contributed by atoms with van der Waals surface area (Å²) in [6, 6.07) is 6.11. The van der Waals surface area contributed by atoms with Crippen LogP contribution >= 0.6 is 0 Å². The molecule has 5 heteroatoms. The van der Waals surface area contributed by atoms with E-state index in [-0.39, 0.29) is 23.9 Å². The van der Waals surface area contributed by atoms with Crippen molar-refractivity contribution in [2.24, 2.45) is 10.9 Å². The highest BCUT2D eigenvalue weighted by atomic mass is 19.1. The van der Waals surface area contributed by atoms with E-state index in [1.807, 2.05) is 0 Å². The SMILES string of the molecule is O=C(O)C1CCC2N=C(c3cccc(F)c3)OC2C1. The van der Waals surface area contributed by atoms with Crippen LogP contribution in [0.25, 0.3) is 0 Å². The summed E-state index contributed by atoms with van der Waals surface area (Å²) in [4.78, 5) is 15.4. The summed E-state index contributed by atoms with van der Waals surface area (Å²) < 4.78 is 18.9. The van der Waals surface area contributed by atoms with Crippen molar-refractivity contribution in [2.45, 2.75) is 31.4 Å². The smallest absolute Gasteiger partial charge is 0.306 e. The normalized spacial score (nSPS) is 29.3. The van der Waals surface area contributed by atoms with Gasteiger partial charge in [-0.2, -0.15) is 0 Å². The fraction of sp³-hybridized carbons (Fsp3) is 0.429. The van der Waals surface area contributed by atoms with Gasteiger partial charge in [-0.1, -0.05) is 6.07 Å². The average Bonchev–Trinajstić information content (AvgIpc) is 2.81. The van der Waals surface area contributed by atoms with Crippen LogP contribution in [0, 0.1) is 11.7 Å². The number of benzene rings is 1. The zero-order valence-corrected chi connectivity index (χ0v) is 10.3. The molecule has 100 valence electrons. The summed E-state index contributed by atoms with van der Waals surface area (Å²) in [7, 11) is 0. The number of carbonyl (C=O) groups is 1. The molecule has 1 aromatic carbocycles. The van der Waals surface area contributed by atoms with Crippen LogP contribution in [0.3, 0.4) is 0 Å². The van der Waals surface area contributed by atoms with Gasteiger partial charge in [0.25, 0.3) is 0 Å². The molecule has 3 atom stereocenters. The molecule has 1 saturated carbocycles. The van der Waals surface area contributed by atoms with E-state index in [2.05, 4.69) is 4.99 Å². The maximum absolute atomic E-state index is 13.2. The number of hydrogen-bond acceptors (Lipinski definition) is 3. The van der Waals surface area contributed by atoms with Gasteiger partial charge in [0.05, 0.1) is 12.0 Å². The van der Waals surface area contributed by atoms with E-state index in [9.17, 15) is 9.18 Å². The number of aliphatic imine (C=N–C) groups is 1. The Labute approximate surface area is 109 Å². The molecular weight excluding hydrogens is 249 g/mol. The number of carboxylic acid groups (broad SMARTS) is 1. The molecule has 3 unspecified atom stereocenters. The molecule has 0 bridgehead atoms. The van der Waals surface area contributed by atoms with E-state index < -0.39 is 5.97 Å². The van der Waals surface area contributed by atoms with Gasteiger partial charge < -0.3 is 9.84 Å². The first kappa shape index (κ1) is 12.1. The largest absolute Gasteiger partial charge is 0.481 e. The summed E-state index contributed by atoms with van der Waals surface area (Å²) in [5, 5.41) is 9.03. The van der Waals surface area contributed by atoms with Gasteiger partial charge in [-0.3, -0.25) is 4.79 Å². The first-order chi connectivity index (χ1) is 9.13. The Kier molecular flexibility index (Phi) is 2.97. The first-order valence-electron chi connectivity index (χ1n) is 6.36. The third-order valence-corrected chi connectivity index (χ3v) is 3.72. The molecule has 1 fully saturated rings. The van der Waals surface area contributed by atoms with E-state index in [0.717, 1.165) is 0 Å². The molecule has 1 aliphatic heterocycles. The van der Waals surface area contributed by atoms with E-state index in [1.54, 1.807) is 12.1 Å². The van der Waals surface area contributed by atoms with Gasteiger partial charge in [0.1, 0.15) is 11.9 Å². The average molecular weight is 263 g/mol. The molecule has 4 nitrogen and oxygen atoms in total. The van der Waals surface area contributed by atoms with Gasteiger partial charge in [0, 0.05) is 5.56 Å². The van der Waals surface area contributed by atoms with Crippen LogP contribution < -0.4 is 0 Å². The second-order valence-corrected chi connectivity index (χ2v) is 5.02. The van der Waals surface area contributed by atoms with Crippen molar-refractivity contribution in [2.75, 3.05) is 0 Å². The Balaban J connectivity index is 1.77. The fourth-order valence-corrected chi connectivity index (χ4v) is 2.70. The molecular formula is C14H14FNO3. The maximum Gasteiger partial charge on any atom is 0.306 e. The Morgan fingerprint density at radius 3 is 3.00 bits per heavy atom. The lowest BCUT2D eigenvalue weighted by atomic mass is 9.84. The molecule has 2 aliphatic rings. The first-order valence-corrected chi connectivity index (χ1v) is 6.36. The lowest BCUT2D eigenvalue weighted by molar-refractivity contribution is -0.143. The highest BCUT2D eigenvalue weighted by Gasteiger charge is 2.39. The number of carboxylic acids is 1. The highest BCUT2D eigenvalue weighted by Crippen LogP contribution is 2.33. The van der Waals surface area contributed by atoms with E-state index in [4.69, 9.17) is 9.84 Å². The van der Waals surface area contributed by atoms with Crippen LogP contribution in [-0.4, -0.2) is 29.1 Å². The molecule has 0 aromatic heterocycles. The second-order valence-electron chi connectivity index (χ2n) is 5.02. The van der Waals surface area contributed by atoms with Crippen molar-refractivity contribution in [1.82, 2.24) is 0 Å². The van der Waals surface area contributed by atoms with Gasteiger partial charge in [-0.25, -0.2) is 9.38 Å². The molecule has 0 spiro atoms. The van der Waals surface area contributed by atoms with Crippen LogP contribution in [0.4, 0.5) is 4.39 Å². The molecule has 1 aromatic rings. The summed E-state index contributed by atoms with van der Waals surface area (Å²) in [5.74, 6) is -1.04. The predicted octanol–water partition coefficient (Wildman–Crippen LogP) is 2.22. The molecule has 0 saturated heterocycles. The Morgan fingerprint density at radius 1 is 1.42 bits per heavy atom. The van der Waals surface area contributed by atoms with Crippen LogP contribution in [0.5, 0.6) is 0 Å². The topological polar surface area (TPSA) is 58.9 Å².